The minimum absolute atomic E-state index is 0.0570. The first-order valence-corrected chi connectivity index (χ1v) is 8.68. The topological polar surface area (TPSA) is 73.9 Å². The Morgan fingerprint density at radius 2 is 2.33 bits per heavy atom. The molecule has 0 aromatic carbocycles. The number of anilines is 1. The first-order valence-electron chi connectivity index (χ1n) is 7.80. The molecule has 0 saturated carbocycles. The van der Waals surface area contributed by atoms with E-state index in [1.165, 1.54) is 16.9 Å². The van der Waals surface area contributed by atoms with E-state index in [-0.39, 0.29) is 6.03 Å². The van der Waals surface area contributed by atoms with Crippen molar-refractivity contribution in [1.82, 2.24) is 19.9 Å². The van der Waals surface area contributed by atoms with Crippen LogP contribution in [-0.2, 0) is 0 Å². The Kier molecular flexibility index (Phi) is 3.78. The molecule has 3 aromatic heterocycles. The molecule has 2 amide bonds. The molecule has 6 nitrogen and oxygen atoms in total. The summed E-state index contributed by atoms with van der Waals surface area (Å²) in [5.74, 6) is 0. The average Bonchev–Trinajstić information content (AvgIpc) is 3.25. The van der Waals surface area contributed by atoms with Gasteiger partial charge in [-0.25, -0.2) is 14.8 Å². The number of H-pyrrole nitrogens is 1. The standard InChI is InChI=1S/C17H17N5OS/c1-11-9-18-16-14(11)15(19-10-20-16)12-4-6-22(7-5-12)17(23)21-13-3-2-8-24-13/h2-4,8-10H,5-7H2,1H3,(H,21,23)(H,18,19,20). The van der Waals surface area contributed by atoms with E-state index >= 15 is 0 Å². The Morgan fingerprint density at radius 1 is 1.42 bits per heavy atom. The van der Waals surface area contributed by atoms with Crippen molar-refractivity contribution >= 4 is 39.0 Å². The number of nitrogens with zero attached hydrogens (tertiary/aromatic N) is 3. The van der Waals surface area contributed by atoms with Crippen LogP contribution >= 0.6 is 11.3 Å². The second-order valence-corrected chi connectivity index (χ2v) is 6.70. The number of carbonyl (C=O) groups is 1. The predicted octanol–water partition coefficient (Wildman–Crippen LogP) is 3.65. The first-order chi connectivity index (χ1) is 11.7. The van der Waals surface area contributed by atoms with Gasteiger partial charge >= 0.3 is 6.03 Å². The molecule has 0 bridgehead atoms. The van der Waals surface area contributed by atoms with Crippen LogP contribution in [0.1, 0.15) is 17.7 Å². The molecule has 3 aromatic rings. The van der Waals surface area contributed by atoms with Crippen molar-refractivity contribution in [3.63, 3.8) is 0 Å². The summed E-state index contributed by atoms with van der Waals surface area (Å²) >= 11 is 1.52. The summed E-state index contributed by atoms with van der Waals surface area (Å²) < 4.78 is 0. The summed E-state index contributed by atoms with van der Waals surface area (Å²) in [5.41, 5.74) is 4.14. The van der Waals surface area contributed by atoms with Crippen molar-refractivity contribution in [1.29, 1.82) is 0 Å². The van der Waals surface area contributed by atoms with Crippen LogP contribution in [-0.4, -0.2) is 39.0 Å². The molecule has 7 heteroatoms. The quantitative estimate of drug-likeness (QED) is 0.748. The van der Waals surface area contributed by atoms with Crippen molar-refractivity contribution in [3.05, 3.63) is 47.4 Å². The zero-order valence-corrected chi connectivity index (χ0v) is 14.1. The number of nitrogens with one attached hydrogen (secondary N) is 2. The molecule has 122 valence electrons. The summed E-state index contributed by atoms with van der Waals surface area (Å²) in [6.45, 7) is 3.31. The number of urea groups is 1. The second-order valence-electron chi connectivity index (χ2n) is 5.75. The van der Waals surface area contributed by atoms with Crippen molar-refractivity contribution in [2.24, 2.45) is 0 Å². The molecule has 0 fully saturated rings. The maximum Gasteiger partial charge on any atom is 0.322 e. The number of carbonyl (C=O) groups excluding carboxylic acids is 1. The summed E-state index contributed by atoms with van der Waals surface area (Å²) in [6.07, 6.45) is 6.41. The predicted molar refractivity (Wildman–Crippen MR) is 96.1 cm³/mol. The fraction of sp³-hybridized carbons (Fsp3) is 0.235. The van der Waals surface area contributed by atoms with Crippen molar-refractivity contribution in [2.75, 3.05) is 18.4 Å². The van der Waals surface area contributed by atoms with Crippen LogP contribution in [0.2, 0.25) is 0 Å². The normalized spacial score (nSPS) is 14.7. The molecule has 0 radical (unpaired) electrons. The molecule has 1 aliphatic rings. The first kappa shape index (κ1) is 14.9. The fourth-order valence-electron chi connectivity index (χ4n) is 2.96. The Hall–Kier alpha value is -2.67. The van der Waals surface area contributed by atoms with E-state index in [1.54, 1.807) is 6.33 Å². The monoisotopic (exact) mass is 339 g/mol. The SMILES string of the molecule is Cc1c[nH]c2ncnc(C3=CCN(C(=O)Nc4cccs4)CC3)c12. The van der Waals surface area contributed by atoms with Gasteiger partial charge in [0.1, 0.15) is 12.0 Å². The van der Waals surface area contributed by atoms with Crippen LogP contribution in [0.25, 0.3) is 16.6 Å². The van der Waals surface area contributed by atoms with E-state index in [0.717, 1.165) is 33.7 Å². The number of hydrogen-bond donors (Lipinski definition) is 2. The molecule has 0 aliphatic carbocycles. The Morgan fingerprint density at radius 3 is 3.08 bits per heavy atom. The molecular weight excluding hydrogens is 322 g/mol. The summed E-state index contributed by atoms with van der Waals surface area (Å²) in [4.78, 5) is 26.0. The molecule has 1 aliphatic heterocycles. The number of hydrogen-bond acceptors (Lipinski definition) is 4. The largest absolute Gasteiger partial charge is 0.346 e. The van der Waals surface area contributed by atoms with Gasteiger partial charge in [0.25, 0.3) is 0 Å². The van der Waals surface area contributed by atoms with Gasteiger partial charge < -0.3 is 9.88 Å². The Balaban J connectivity index is 1.54. The lowest BCUT2D eigenvalue weighted by Gasteiger charge is -2.26. The molecule has 4 rings (SSSR count). The number of rotatable bonds is 2. The lowest BCUT2D eigenvalue weighted by atomic mass is 10.0. The van der Waals surface area contributed by atoms with Gasteiger partial charge in [0, 0.05) is 24.7 Å². The number of thiophene rings is 1. The molecule has 0 unspecified atom stereocenters. The molecule has 24 heavy (non-hydrogen) atoms. The van der Waals surface area contributed by atoms with E-state index in [4.69, 9.17) is 0 Å². The highest BCUT2D eigenvalue weighted by molar-refractivity contribution is 7.14. The number of fused-ring (bicyclic) bond motifs is 1. The van der Waals surface area contributed by atoms with Crippen molar-refractivity contribution in [2.45, 2.75) is 13.3 Å². The maximum absolute atomic E-state index is 12.3. The summed E-state index contributed by atoms with van der Waals surface area (Å²) in [5, 5.41) is 6.81. The van der Waals surface area contributed by atoms with Crippen LogP contribution in [0.15, 0.2) is 36.1 Å². The van der Waals surface area contributed by atoms with Crippen molar-refractivity contribution < 1.29 is 4.79 Å². The lowest BCUT2D eigenvalue weighted by molar-refractivity contribution is 0.217. The summed E-state index contributed by atoms with van der Waals surface area (Å²) in [6, 6.07) is 3.77. The Labute approximate surface area is 143 Å². The van der Waals surface area contributed by atoms with Gasteiger partial charge in [0.05, 0.1) is 10.7 Å². The third kappa shape index (κ3) is 2.67. The third-order valence-electron chi connectivity index (χ3n) is 4.22. The fourth-order valence-corrected chi connectivity index (χ4v) is 3.57. The van der Waals surface area contributed by atoms with Gasteiger partial charge in [0.15, 0.2) is 0 Å². The number of aromatic amines is 1. The zero-order valence-electron chi connectivity index (χ0n) is 13.2. The molecule has 0 atom stereocenters. The highest BCUT2D eigenvalue weighted by Gasteiger charge is 2.20. The van der Waals surface area contributed by atoms with Crippen LogP contribution in [0.3, 0.4) is 0 Å². The molecular formula is C17H17N5OS. The van der Waals surface area contributed by atoms with Gasteiger partial charge in [-0.05, 0) is 42.0 Å². The smallest absolute Gasteiger partial charge is 0.322 e. The van der Waals surface area contributed by atoms with E-state index in [9.17, 15) is 4.79 Å². The minimum atomic E-state index is -0.0570. The second kappa shape index (κ2) is 6.09. The van der Waals surface area contributed by atoms with Gasteiger partial charge in [-0.1, -0.05) is 6.08 Å². The molecule has 0 spiro atoms. The van der Waals surface area contributed by atoms with E-state index in [2.05, 4.69) is 33.3 Å². The highest BCUT2D eigenvalue weighted by Crippen LogP contribution is 2.28. The van der Waals surface area contributed by atoms with E-state index in [1.807, 2.05) is 28.6 Å². The van der Waals surface area contributed by atoms with Crippen LogP contribution in [0, 0.1) is 6.92 Å². The van der Waals surface area contributed by atoms with Gasteiger partial charge in [-0.3, -0.25) is 5.32 Å². The van der Waals surface area contributed by atoms with Gasteiger partial charge in [0.2, 0.25) is 0 Å². The minimum Gasteiger partial charge on any atom is -0.346 e. The van der Waals surface area contributed by atoms with E-state index < -0.39 is 0 Å². The zero-order chi connectivity index (χ0) is 16.5. The molecule has 4 heterocycles. The van der Waals surface area contributed by atoms with E-state index in [0.29, 0.717) is 13.1 Å². The van der Waals surface area contributed by atoms with Gasteiger partial charge in [-0.2, -0.15) is 0 Å². The molecule has 0 saturated heterocycles. The Bertz CT molecular complexity index is 912. The molecule has 2 N–H and O–H groups in total. The van der Waals surface area contributed by atoms with Gasteiger partial charge in [-0.15, -0.1) is 11.3 Å². The average molecular weight is 339 g/mol. The third-order valence-corrected chi connectivity index (χ3v) is 5.00. The number of amides is 2. The number of aryl methyl sites for hydroxylation is 1. The van der Waals surface area contributed by atoms with Crippen LogP contribution < -0.4 is 5.32 Å². The number of aromatic nitrogens is 3. The maximum atomic E-state index is 12.3. The van der Waals surface area contributed by atoms with Crippen LogP contribution in [0.4, 0.5) is 9.80 Å². The van der Waals surface area contributed by atoms with Crippen molar-refractivity contribution in [3.8, 4) is 0 Å². The lowest BCUT2D eigenvalue weighted by Crippen LogP contribution is -2.37. The highest BCUT2D eigenvalue weighted by atomic mass is 32.1. The summed E-state index contributed by atoms with van der Waals surface area (Å²) in [7, 11) is 0. The van der Waals surface area contributed by atoms with Crippen LogP contribution in [0.5, 0.6) is 0 Å².